The second-order valence-electron chi connectivity index (χ2n) is 3.77. The van der Waals surface area contributed by atoms with Crippen molar-refractivity contribution >= 4 is 11.5 Å². The second-order valence-corrected chi connectivity index (χ2v) is 3.77. The Bertz CT molecular complexity index is 503. The number of rotatable bonds is 1. The van der Waals surface area contributed by atoms with Crippen LogP contribution >= 0.6 is 0 Å². The number of fused-ring (bicyclic) bond motifs is 1. The summed E-state index contributed by atoms with van der Waals surface area (Å²) in [6.07, 6.45) is 2.89. The van der Waals surface area contributed by atoms with Crippen molar-refractivity contribution in [3.63, 3.8) is 0 Å². The molecule has 5 nitrogen and oxygen atoms in total. The third-order valence-corrected chi connectivity index (χ3v) is 2.76. The number of hydrogen-bond acceptors (Lipinski definition) is 4. The average molecular weight is 221 g/mol. The lowest BCUT2D eigenvalue weighted by Crippen LogP contribution is -2.44. The molecule has 0 bridgehead atoms. The lowest BCUT2D eigenvalue weighted by molar-refractivity contribution is 0.548. The van der Waals surface area contributed by atoms with Crippen LogP contribution in [0.15, 0.2) is 18.5 Å². The zero-order valence-electron chi connectivity index (χ0n) is 8.73. The molecule has 2 aromatic rings. The topological polar surface area (TPSA) is 45.5 Å². The molecule has 0 saturated carbocycles. The molecule has 1 fully saturated rings. The number of hydrogen-bond donors (Lipinski definition) is 1. The van der Waals surface area contributed by atoms with Gasteiger partial charge in [-0.1, -0.05) is 0 Å². The molecule has 0 atom stereocenters. The van der Waals surface area contributed by atoms with Crippen LogP contribution in [0.4, 0.5) is 10.2 Å². The smallest absolute Gasteiger partial charge is 0.184 e. The van der Waals surface area contributed by atoms with E-state index in [1.165, 1.54) is 6.20 Å². The van der Waals surface area contributed by atoms with Crippen molar-refractivity contribution < 1.29 is 4.39 Å². The van der Waals surface area contributed by atoms with Crippen LogP contribution in [-0.4, -0.2) is 40.8 Å². The Morgan fingerprint density at radius 2 is 2.12 bits per heavy atom. The summed E-state index contributed by atoms with van der Waals surface area (Å²) in [6.45, 7) is 3.31. The maximum atomic E-state index is 13.8. The predicted molar refractivity (Wildman–Crippen MR) is 58.0 cm³/mol. The Morgan fingerprint density at radius 1 is 1.31 bits per heavy atom. The molecule has 2 aromatic heterocycles. The molecular weight excluding hydrogens is 209 g/mol. The maximum Gasteiger partial charge on any atom is 0.184 e. The van der Waals surface area contributed by atoms with Gasteiger partial charge in [-0.3, -0.25) is 0 Å². The van der Waals surface area contributed by atoms with Crippen LogP contribution in [0.2, 0.25) is 0 Å². The van der Waals surface area contributed by atoms with Gasteiger partial charge in [-0.2, -0.15) is 9.61 Å². The highest BCUT2D eigenvalue weighted by molar-refractivity contribution is 5.50. The SMILES string of the molecule is Fc1cnc2ccnn2c1N1CCNCC1. The van der Waals surface area contributed by atoms with Gasteiger partial charge in [0.05, 0.1) is 12.4 Å². The maximum absolute atomic E-state index is 13.8. The van der Waals surface area contributed by atoms with E-state index >= 15 is 0 Å². The molecule has 0 amide bonds. The third-order valence-electron chi connectivity index (χ3n) is 2.76. The van der Waals surface area contributed by atoms with Gasteiger partial charge in [0, 0.05) is 32.2 Å². The number of piperazine rings is 1. The Morgan fingerprint density at radius 3 is 2.94 bits per heavy atom. The molecule has 3 rings (SSSR count). The molecule has 0 spiro atoms. The highest BCUT2D eigenvalue weighted by Gasteiger charge is 2.18. The minimum absolute atomic E-state index is 0.321. The van der Waals surface area contributed by atoms with Gasteiger partial charge in [0.25, 0.3) is 0 Å². The van der Waals surface area contributed by atoms with E-state index in [9.17, 15) is 4.39 Å². The number of aromatic nitrogens is 3. The molecule has 6 heteroatoms. The van der Waals surface area contributed by atoms with E-state index in [0.29, 0.717) is 11.5 Å². The summed E-state index contributed by atoms with van der Waals surface area (Å²) in [5.74, 6) is 0.189. The van der Waals surface area contributed by atoms with E-state index in [4.69, 9.17) is 0 Å². The fourth-order valence-electron chi connectivity index (χ4n) is 2.00. The minimum Gasteiger partial charge on any atom is -0.351 e. The minimum atomic E-state index is -0.321. The Labute approximate surface area is 91.9 Å². The number of nitrogens with one attached hydrogen (secondary N) is 1. The van der Waals surface area contributed by atoms with E-state index in [2.05, 4.69) is 15.4 Å². The van der Waals surface area contributed by atoms with Crippen LogP contribution in [-0.2, 0) is 0 Å². The van der Waals surface area contributed by atoms with Gasteiger partial charge in [0.15, 0.2) is 17.3 Å². The summed E-state index contributed by atoms with van der Waals surface area (Å²) in [4.78, 5) is 5.97. The summed E-state index contributed by atoms with van der Waals surface area (Å²) < 4.78 is 15.4. The van der Waals surface area contributed by atoms with Gasteiger partial charge in [0.1, 0.15) is 0 Å². The fourth-order valence-corrected chi connectivity index (χ4v) is 2.00. The molecule has 16 heavy (non-hydrogen) atoms. The molecule has 1 aliphatic heterocycles. The highest BCUT2D eigenvalue weighted by atomic mass is 19.1. The lowest BCUT2D eigenvalue weighted by atomic mass is 10.3. The standard InChI is InChI=1S/C10H12FN5/c11-8-7-13-9-1-2-14-16(9)10(8)15-5-3-12-4-6-15/h1-2,7,12H,3-6H2. The Balaban J connectivity index is 2.12. The van der Waals surface area contributed by atoms with Crippen molar-refractivity contribution in [2.75, 3.05) is 31.1 Å². The van der Waals surface area contributed by atoms with Gasteiger partial charge in [-0.05, 0) is 0 Å². The first-order chi connectivity index (χ1) is 7.86. The Hall–Kier alpha value is -1.69. The van der Waals surface area contributed by atoms with Gasteiger partial charge in [-0.25, -0.2) is 9.37 Å². The first-order valence-corrected chi connectivity index (χ1v) is 5.30. The van der Waals surface area contributed by atoms with E-state index < -0.39 is 0 Å². The van der Waals surface area contributed by atoms with E-state index in [0.717, 1.165) is 26.2 Å². The lowest BCUT2D eigenvalue weighted by Gasteiger charge is -2.29. The van der Waals surface area contributed by atoms with Crippen molar-refractivity contribution in [3.8, 4) is 0 Å². The second kappa shape index (κ2) is 3.71. The van der Waals surface area contributed by atoms with E-state index in [-0.39, 0.29) is 5.82 Å². The zero-order chi connectivity index (χ0) is 11.0. The first kappa shape index (κ1) is 9.53. The fraction of sp³-hybridized carbons (Fsp3) is 0.400. The molecule has 0 aromatic carbocycles. The molecule has 3 heterocycles. The third kappa shape index (κ3) is 1.42. The molecule has 84 valence electrons. The molecule has 0 radical (unpaired) electrons. The van der Waals surface area contributed by atoms with Gasteiger partial charge in [-0.15, -0.1) is 0 Å². The van der Waals surface area contributed by atoms with Crippen molar-refractivity contribution in [1.29, 1.82) is 0 Å². The largest absolute Gasteiger partial charge is 0.351 e. The summed E-state index contributed by atoms with van der Waals surface area (Å²) in [5.41, 5.74) is 0.676. The highest BCUT2D eigenvalue weighted by Crippen LogP contribution is 2.19. The van der Waals surface area contributed by atoms with Crippen LogP contribution in [0.25, 0.3) is 5.65 Å². The average Bonchev–Trinajstić information content (AvgIpc) is 2.78. The van der Waals surface area contributed by atoms with Crippen LogP contribution in [0.5, 0.6) is 0 Å². The summed E-state index contributed by atoms with van der Waals surface area (Å²) in [7, 11) is 0. The van der Waals surface area contributed by atoms with E-state index in [1.807, 2.05) is 4.90 Å². The monoisotopic (exact) mass is 221 g/mol. The summed E-state index contributed by atoms with van der Waals surface area (Å²) >= 11 is 0. The van der Waals surface area contributed by atoms with Crippen LogP contribution in [0.1, 0.15) is 0 Å². The number of halogens is 1. The van der Waals surface area contributed by atoms with Crippen LogP contribution < -0.4 is 10.2 Å². The number of nitrogens with zero attached hydrogens (tertiary/aromatic N) is 4. The normalized spacial score (nSPS) is 16.9. The molecular formula is C10H12FN5. The van der Waals surface area contributed by atoms with Gasteiger partial charge in [0.2, 0.25) is 0 Å². The van der Waals surface area contributed by atoms with E-state index in [1.54, 1.807) is 16.8 Å². The summed E-state index contributed by atoms with van der Waals surface area (Å²) in [5, 5.41) is 7.34. The quantitative estimate of drug-likeness (QED) is 0.751. The van der Waals surface area contributed by atoms with Crippen LogP contribution in [0, 0.1) is 5.82 Å². The van der Waals surface area contributed by atoms with Crippen molar-refractivity contribution in [2.45, 2.75) is 0 Å². The number of anilines is 1. The van der Waals surface area contributed by atoms with Crippen molar-refractivity contribution in [3.05, 3.63) is 24.3 Å². The van der Waals surface area contributed by atoms with Crippen molar-refractivity contribution in [2.24, 2.45) is 0 Å². The molecule has 1 saturated heterocycles. The molecule has 1 aliphatic rings. The predicted octanol–water partition coefficient (Wildman–Crippen LogP) is 0.278. The zero-order valence-corrected chi connectivity index (χ0v) is 8.73. The van der Waals surface area contributed by atoms with Gasteiger partial charge < -0.3 is 10.2 Å². The van der Waals surface area contributed by atoms with Crippen LogP contribution in [0.3, 0.4) is 0 Å². The molecule has 0 unspecified atom stereocenters. The summed E-state index contributed by atoms with van der Waals surface area (Å²) in [6, 6.07) is 1.77. The van der Waals surface area contributed by atoms with Gasteiger partial charge >= 0.3 is 0 Å². The Kier molecular flexibility index (Phi) is 2.21. The van der Waals surface area contributed by atoms with Crippen molar-refractivity contribution in [1.82, 2.24) is 19.9 Å². The molecule has 0 aliphatic carbocycles. The molecule has 1 N–H and O–H groups in total. The first-order valence-electron chi connectivity index (χ1n) is 5.30.